The molecule has 3 amide bonds. The van der Waals surface area contributed by atoms with Crippen molar-refractivity contribution in [1.82, 2.24) is 21.3 Å². The van der Waals surface area contributed by atoms with Crippen LogP contribution < -0.4 is 27.0 Å². The van der Waals surface area contributed by atoms with Gasteiger partial charge in [0.15, 0.2) is 0 Å². The number of amides is 3. The van der Waals surface area contributed by atoms with Gasteiger partial charge in [-0.2, -0.15) is 0 Å². The maximum Gasteiger partial charge on any atom is 0.407 e. The molecular formula is C20H33ClN6O4. The largest absolute Gasteiger partial charge is 0.444 e. The van der Waals surface area contributed by atoms with Gasteiger partial charge >= 0.3 is 6.09 Å². The third kappa shape index (κ3) is 12.4. The smallest absolute Gasteiger partial charge is 0.407 e. The zero-order valence-electron chi connectivity index (χ0n) is 18.3. The number of benzene rings is 1. The van der Waals surface area contributed by atoms with E-state index in [-0.39, 0.29) is 49.7 Å². The Bertz CT molecular complexity index is 749. The second-order valence-electron chi connectivity index (χ2n) is 7.71. The zero-order valence-corrected chi connectivity index (χ0v) is 19.2. The number of ether oxygens (including phenoxy) is 1. The average Bonchev–Trinajstić information content (AvgIpc) is 2.66. The van der Waals surface area contributed by atoms with E-state index < -0.39 is 17.7 Å². The van der Waals surface area contributed by atoms with E-state index in [1.807, 2.05) is 12.1 Å². The lowest BCUT2D eigenvalue weighted by molar-refractivity contribution is -0.127. The fourth-order valence-electron chi connectivity index (χ4n) is 2.23. The topological polar surface area (TPSA) is 158 Å². The summed E-state index contributed by atoms with van der Waals surface area (Å²) in [4.78, 5) is 35.4. The van der Waals surface area contributed by atoms with Crippen molar-refractivity contribution in [1.29, 1.82) is 5.41 Å². The van der Waals surface area contributed by atoms with Gasteiger partial charge in [0.05, 0.1) is 12.6 Å². The van der Waals surface area contributed by atoms with Crippen LogP contribution in [0.2, 0.25) is 0 Å². The van der Waals surface area contributed by atoms with E-state index in [0.29, 0.717) is 12.1 Å². The highest BCUT2D eigenvalue weighted by Gasteiger charge is 2.16. The Labute approximate surface area is 189 Å². The Hall–Kier alpha value is -2.85. The molecule has 0 heterocycles. The maximum absolute atomic E-state index is 12.1. The molecule has 11 heteroatoms. The molecule has 0 bridgehead atoms. The standard InChI is InChI=1S/C20H32N6O4.ClH/c1-13(25-11-14-5-7-15(8-6-14)17(21)22)18(28)26-12-16(27)23-9-10-24-19(29)30-20(2,3)4;/h5-8,13,25H,9-12H2,1-4H3,(H3,21,22)(H,23,27)(H,24,29)(H,26,28);1H. The molecule has 10 nitrogen and oxygen atoms in total. The number of nitrogens with one attached hydrogen (secondary N) is 5. The molecule has 1 aromatic rings. The predicted molar refractivity (Wildman–Crippen MR) is 121 cm³/mol. The number of carbonyl (C=O) groups is 3. The summed E-state index contributed by atoms with van der Waals surface area (Å²) in [5.41, 5.74) is 6.41. The quantitative estimate of drug-likeness (QED) is 0.172. The number of amidine groups is 1. The van der Waals surface area contributed by atoms with Crippen molar-refractivity contribution in [2.24, 2.45) is 5.73 Å². The Morgan fingerprint density at radius 3 is 2.19 bits per heavy atom. The van der Waals surface area contributed by atoms with Gasteiger partial charge in [0, 0.05) is 25.2 Å². The predicted octanol–water partition coefficient (Wildman–Crippen LogP) is 0.628. The highest BCUT2D eigenvalue weighted by Crippen LogP contribution is 2.06. The van der Waals surface area contributed by atoms with Gasteiger partial charge in [0.2, 0.25) is 11.8 Å². The Kier molecular flexibility index (Phi) is 12.2. The van der Waals surface area contributed by atoms with Crippen molar-refractivity contribution in [3.8, 4) is 0 Å². The molecule has 0 spiro atoms. The molecule has 0 aliphatic rings. The summed E-state index contributed by atoms with van der Waals surface area (Å²) in [5.74, 6) is -0.667. The van der Waals surface area contributed by atoms with E-state index in [1.165, 1.54) is 0 Å². The molecule has 0 saturated heterocycles. The normalized spacial score (nSPS) is 11.5. The molecule has 0 radical (unpaired) electrons. The van der Waals surface area contributed by atoms with E-state index in [1.54, 1.807) is 39.8 Å². The number of nitrogen functional groups attached to an aromatic ring is 1. The van der Waals surface area contributed by atoms with Crippen molar-refractivity contribution < 1.29 is 19.1 Å². The third-order valence-corrected chi connectivity index (χ3v) is 3.81. The lowest BCUT2D eigenvalue weighted by atomic mass is 10.1. The highest BCUT2D eigenvalue weighted by atomic mass is 35.5. The fraction of sp³-hybridized carbons (Fsp3) is 0.500. The highest BCUT2D eigenvalue weighted by molar-refractivity contribution is 5.94. The second kappa shape index (κ2) is 13.5. The van der Waals surface area contributed by atoms with Crippen LogP contribution in [0.5, 0.6) is 0 Å². The van der Waals surface area contributed by atoms with E-state index in [4.69, 9.17) is 15.9 Å². The van der Waals surface area contributed by atoms with Crippen LogP contribution in [0.3, 0.4) is 0 Å². The van der Waals surface area contributed by atoms with Gasteiger partial charge < -0.3 is 31.7 Å². The number of hydrogen-bond acceptors (Lipinski definition) is 6. The molecule has 1 atom stereocenters. The third-order valence-electron chi connectivity index (χ3n) is 3.81. The Morgan fingerprint density at radius 2 is 1.65 bits per heavy atom. The summed E-state index contributed by atoms with van der Waals surface area (Å²) in [6.07, 6.45) is -0.555. The molecule has 1 unspecified atom stereocenters. The van der Waals surface area contributed by atoms with Crippen LogP contribution in [0.4, 0.5) is 4.79 Å². The van der Waals surface area contributed by atoms with E-state index in [0.717, 1.165) is 5.56 Å². The van der Waals surface area contributed by atoms with Gasteiger partial charge in [0.1, 0.15) is 11.4 Å². The molecule has 174 valence electrons. The lowest BCUT2D eigenvalue weighted by Gasteiger charge is -2.19. The molecular weight excluding hydrogens is 424 g/mol. The number of alkyl carbamates (subject to hydrolysis) is 1. The maximum atomic E-state index is 12.1. The molecule has 7 N–H and O–H groups in total. The minimum atomic E-state index is -0.583. The molecule has 1 rings (SSSR count). The molecule has 0 fully saturated rings. The van der Waals surface area contributed by atoms with Crippen LogP contribution in [0, 0.1) is 5.41 Å². The number of rotatable bonds is 10. The number of halogens is 1. The second-order valence-corrected chi connectivity index (χ2v) is 7.71. The molecule has 31 heavy (non-hydrogen) atoms. The van der Waals surface area contributed by atoms with Crippen LogP contribution in [0.1, 0.15) is 38.8 Å². The summed E-state index contributed by atoms with van der Waals surface area (Å²) < 4.78 is 5.08. The molecule has 0 aliphatic carbocycles. The minimum absolute atomic E-state index is 0. The summed E-state index contributed by atoms with van der Waals surface area (Å²) in [6, 6.07) is 6.64. The minimum Gasteiger partial charge on any atom is -0.444 e. The van der Waals surface area contributed by atoms with Gasteiger partial charge in [-0.3, -0.25) is 15.0 Å². The van der Waals surface area contributed by atoms with Gasteiger partial charge in [-0.15, -0.1) is 12.4 Å². The number of nitrogens with two attached hydrogens (primary N) is 1. The summed E-state index contributed by atoms with van der Waals surface area (Å²) >= 11 is 0. The first kappa shape index (κ1) is 28.1. The monoisotopic (exact) mass is 456 g/mol. The zero-order chi connectivity index (χ0) is 22.7. The summed E-state index contributed by atoms with van der Waals surface area (Å²) in [5, 5.41) is 18.1. The van der Waals surface area contributed by atoms with E-state index in [2.05, 4.69) is 21.3 Å². The van der Waals surface area contributed by atoms with Gasteiger partial charge in [-0.25, -0.2) is 4.79 Å². The van der Waals surface area contributed by atoms with E-state index >= 15 is 0 Å². The van der Waals surface area contributed by atoms with Crippen molar-refractivity contribution in [3.63, 3.8) is 0 Å². The SMILES string of the molecule is CC(NCc1ccc(C(=N)N)cc1)C(=O)NCC(=O)NCCNC(=O)OC(C)(C)C.Cl. The van der Waals surface area contributed by atoms with Gasteiger partial charge in [-0.1, -0.05) is 24.3 Å². The number of hydrogen-bond donors (Lipinski definition) is 6. The first-order valence-corrected chi connectivity index (χ1v) is 9.66. The summed E-state index contributed by atoms with van der Waals surface area (Å²) in [7, 11) is 0. The van der Waals surface area contributed by atoms with Crippen molar-refractivity contribution in [3.05, 3.63) is 35.4 Å². The van der Waals surface area contributed by atoms with Crippen LogP contribution in [0.25, 0.3) is 0 Å². The van der Waals surface area contributed by atoms with Crippen LogP contribution in [-0.4, -0.2) is 55.0 Å². The first-order chi connectivity index (χ1) is 14.0. The average molecular weight is 457 g/mol. The Balaban J connectivity index is 0.00000900. The molecule has 0 aliphatic heterocycles. The molecule has 1 aromatic carbocycles. The lowest BCUT2D eigenvalue weighted by Crippen LogP contribution is -2.46. The van der Waals surface area contributed by atoms with Crippen molar-refractivity contribution in [2.45, 2.75) is 45.9 Å². The molecule has 0 aromatic heterocycles. The molecule has 0 saturated carbocycles. The van der Waals surface area contributed by atoms with Crippen LogP contribution in [-0.2, 0) is 20.9 Å². The van der Waals surface area contributed by atoms with Gasteiger partial charge in [0.25, 0.3) is 0 Å². The van der Waals surface area contributed by atoms with Crippen LogP contribution >= 0.6 is 12.4 Å². The first-order valence-electron chi connectivity index (χ1n) is 9.66. The van der Waals surface area contributed by atoms with Gasteiger partial charge in [-0.05, 0) is 33.3 Å². The van der Waals surface area contributed by atoms with Crippen molar-refractivity contribution in [2.75, 3.05) is 19.6 Å². The fourth-order valence-corrected chi connectivity index (χ4v) is 2.23. The van der Waals surface area contributed by atoms with Crippen LogP contribution in [0.15, 0.2) is 24.3 Å². The Morgan fingerprint density at radius 1 is 1.06 bits per heavy atom. The van der Waals surface area contributed by atoms with Crippen molar-refractivity contribution >= 4 is 36.2 Å². The number of carbonyl (C=O) groups excluding carboxylic acids is 3. The summed E-state index contributed by atoms with van der Waals surface area (Å²) in [6.45, 7) is 7.71. The van der Waals surface area contributed by atoms with E-state index in [9.17, 15) is 14.4 Å².